The number of nitrogens with zero attached hydrogens (tertiary/aromatic N) is 2. The van der Waals surface area contributed by atoms with E-state index in [9.17, 15) is 34.8 Å². The summed E-state index contributed by atoms with van der Waals surface area (Å²) in [6.07, 6.45) is 0.223. The number of phenols is 4. The molecule has 0 bridgehead atoms. The Morgan fingerprint density at radius 2 is 1.69 bits per heavy atom. The van der Waals surface area contributed by atoms with E-state index < -0.39 is 40.4 Å². The number of hydrogen-bond donors (Lipinski definition) is 4. The van der Waals surface area contributed by atoms with E-state index in [-0.39, 0.29) is 24.0 Å². The maximum absolute atomic E-state index is 12.7. The first-order chi connectivity index (χ1) is 12.3. The molecule has 0 radical (unpaired) electrons. The quantitative estimate of drug-likeness (QED) is 0.473. The monoisotopic (exact) mass is 358 g/mol. The molecule has 4 N–H and O–H groups in total. The third-order valence-corrected chi connectivity index (χ3v) is 4.21. The van der Waals surface area contributed by atoms with Crippen LogP contribution in [-0.2, 0) is 6.54 Å². The molecule has 3 rings (SSSR count). The minimum absolute atomic E-state index is 0.0370. The Morgan fingerprint density at radius 1 is 1.08 bits per heavy atom. The summed E-state index contributed by atoms with van der Waals surface area (Å²) in [5, 5.41) is 40.6. The van der Waals surface area contributed by atoms with Crippen LogP contribution in [0.25, 0.3) is 0 Å². The van der Waals surface area contributed by atoms with Gasteiger partial charge in [-0.25, -0.2) is 10.0 Å². The van der Waals surface area contributed by atoms with E-state index in [1.165, 1.54) is 19.2 Å². The Hall–Kier alpha value is -3.75. The maximum Gasteiger partial charge on any atom is 0.277 e. The van der Waals surface area contributed by atoms with Gasteiger partial charge in [-0.1, -0.05) is 6.07 Å². The van der Waals surface area contributed by atoms with Crippen LogP contribution in [0.1, 0.15) is 36.6 Å². The average Bonchev–Trinajstić information content (AvgIpc) is 2.96. The van der Waals surface area contributed by atoms with Crippen LogP contribution in [0.3, 0.4) is 0 Å². The third kappa shape index (κ3) is 2.37. The SMILES string of the molecule is CN(C(=O)c1ccc(O)c(O)c1C=O)N1Cc2ccc(O)c(O)c2C1=O. The number of carbonyl (C=O) groups excluding carboxylic acids is 3. The zero-order chi connectivity index (χ0) is 19.2. The highest BCUT2D eigenvalue weighted by molar-refractivity contribution is 6.06. The zero-order valence-electron chi connectivity index (χ0n) is 13.5. The lowest BCUT2D eigenvalue weighted by Gasteiger charge is -2.28. The minimum atomic E-state index is -0.785. The summed E-state index contributed by atoms with van der Waals surface area (Å²) in [5.74, 6) is -3.83. The molecule has 2 aromatic rings. The van der Waals surface area contributed by atoms with Crippen LogP contribution in [0, 0.1) is 0 Å². The van der Waals surface area contributed by atoms with Crippen LogP contribution in [0.2, 0.25) is 0 Å². The molecule has 134 valence electrons. The van der Waals surface area contributed by atoms with Crippen LogP contribution in [-0.4, -0.2) is 55.6 Å². The molecule has 0 unspecified atom stereocenters. The molecular formula is C17H14N2O7. The molecule has 0 aromatic heterocycles. The number of amides is 2. The first-order valence-electron chi connectivity index (χ1n) is 7.41. The predicted molar refractivity (Wildman–Crippen MR) is 86.9 cm³/mol. The summed E-state index contributed by atoms with van der Waals surface area (Å²) < 4.78 is 0. The van der Waals surface area contributed by atoms with Crippen LogP contribution in [0.15, 0.2) is 24.3 Å². The van der Waals surface area contributed by atoms with Crippen molar-refractivity contribution in [1.29, 1.82) is 0 Å². The smallest absolute Gasteiger partial charge is 0.277 e. The van der Waals surface area contributed by atoms with Crippen molar-refractivity contribution in [2.45, 2.75) is 6.54 Å². The van der Waals surface area contributed by atoms with Gasteiger partial charge < -0.3 is 20.4 Å². The van der Waals surface area contributed by atoms with Gasteiger partial charge in [0.25, 0.3) is 11.8 Å². The Labute approximate surface area is 146 Å². The van der Waals surface area contributed by atoms with E-state index in [2.05, 4.69) is 0 Å². The number of rotatable bonds is 3. The van der Waals surface area contributed by atoms with Gasteiger partial charge in [0.05, 0.1) is 23.2 Å². The molecule has 9 heteroatoms. The van der Waals surface area contributed by atoms with E-state index in [1.807, 2.05) is 0 Å². The average molecular weight is 358 g/mol. The van der Waals surface area contributed by atoms with E-state index in [0.717, 1.165) is 22.2 Å². The molecule has 2 aromatic carbocycles. The molecule has 0 fully saturated rings. The van der Waals surface area contributed by atoms with E-state index in [1.54, 1.807) is 0 Å². The summed E-state index contributed by atoms with van der Waals surface area (Å²) >= 11 is 0. The van der Waals surface area contributed by atoms with Gasteiger partial charge in [0.2, 0.25) is 0 Å². The Kier molecular flexibility index (Phi) is 3.91. The zero-order valence-corrected chi connectivity index (χ0v) is 13.5. The third-order valence-electron chi connectivity index (χ3n) is 4.21. The van der Waals surface area contributed by atoms with Crippen molar-refractivity contribution >= 4 is 18.1 Å². The molecule has 1 aliphatic heterocycles. The highest BCUT2D eigenvalue weighted by Gasteiger charge is 2.36. The molecule has 0 saturated heterocycles. The fourth-order valence-electron chi connectivity index (χ4n) is 2.78. The lowest BCUT2D eigenvalue weighted by Crippen LogP contribution is -2.44. The van der Waals surface area contributed by atoms with Gasteiger partial charge in [-0.15, -0.1) is 0 Å². The minimum Gasteiger partial charge on any atom is -0.504 e. The van der Waals surface area contributed by atoms with Gasteiger partial charge >= 0.3 is 0 Å². The van der Waals surface area contributed by atoms with Crippen molar-refractivity contribution in [3.05, 3.63) is 46.5 Å². The Bertz CT molecular complexity index is 955. The lowest BCUT2D eigenvalue weighted by molar-refractivity contribution is 0.00895. The molecule has 0 spiro atoms. The first-order valence-corrected chi connectivity index (χ1v) is 7.41. The molecule has 0 saturated carbocycles. The molecule has 26 heavy (non-hydrogen) atoms. The maximum atomic E-state index is 12.7. The summed E-state index contributed by atoms with van der Waals surface area (Å²) in [6, 6.07) is 4.88. The normalized spacial score (nSPS) is 12.8. The fourth-order valence-corrected chi connectivity index (χ4v) is 2.78. The van der Waals surface area contributed by atoms with Crippen molar-refractivity contribution in [2.75, 3.05) is 7.05 Å². The van der Waals surface area contributed by atoms with Gasteiger partial charge in [0, 0.05) is 7.05 Å². The Balaban J connectivity index is 1.97. The van der Waals surface area contributed by atoms with Crippen LogP contribution in [0.5, 0.6) is 23.0 Å². The number of aldehydes is 1. The number of phenolic OH excluding ortho intramolecular Hbond substituents is 4. The largest absolute Gasteiger partial charge is 0.504 e. The number of fused-ring (bicyclic) bond motifs is 1. The number of aromatic hydroxyl groups is 4. The molecule has 0 aliphatic carbocycles. The molecule has 0 atom stereocenters. The predicted octanol–water partition coefficient (Wildman–Crippen LogP) is 0.964. The number of hydrogen-bond acceptors (Lipinski definition) is 7. The summed E-state index contributed by atoms with van der Waals surface area (Å²) in [5.41, 5.74) is -0.331. The second-order valence-corrected chi connectivity index (χ2v) is 5.67. The summed E-state index contributed by atoms with van der Waals surface area (Å²) in [6.45, 7) is -0.0370. The van der Waals surface area contributed by atoms with Gasteiger partial charge in [-0.05, 0) is 23.8 Å². The van der Waals surface area contributed by atoms with E-state index in [0.29, 0.717) is 5.56 Å². The number of carbonyl (C=O) groups is 3. The number of hydrazine groups is 1. The molecule has 1 heterocycles. The van der Waals surface area contributed by atoms with Crippen molar-refractivity contribution in [2.24, 2.45) is 0 Å². The standard InChI is InChI=1S/C17H14N2O7/c1-18(16(25)9-3-5-11(21)14(23)10(9)7-20)19-6-8-2-4-12(22)15(24)13(8)17(19)26/h2-5,7,21-24H,6H2,1H3. The molecule has 1 aliphatic rings. The topological polar surface area (TPSA) is 139 Å². The van der Waals surface area contributed by atoms with E-state index >= 15 is 0 Å². The van der Waals surface area contributed by atoms with Gasteiger partial charge in [0.15, 0.2) is 29.3 Å². The van der Waals surface area contributed by atoms with Gasteiger partial charge in [0.1, 0.15) is 0 Å². The van der Waals surface area contributed by atoms with Crippen molar-refractivity contribution < 1.29 is 34.8 Å². The fraction of sp³-hybridized carbons (Fsp3) is 0.118. The second-order valence-electron chi connectivity index (χ2n) is 5.67. The molecule has 9 nitrogen and oxygen atoms in total. The lowest BCUT2D eigenvalue weighted by atomic mass is 10.1. The molecular weight excluding hydrogens is 344 g/mol. The molecule has 2 amide bonds. The van der Waals surface area contributed by atoms with Gasteiger partial charge in [-0.2, -0.15) is 0 Å². The second kappa shape index (κ2) is 5.96. The van der Waals surface area contributed by atoms with Crippen LogP contribution < -0.4 is 0 Å². The number of benzene rings is 2. The Morgan fingerprint density at radius 3 is 2.35 bits per heavy atom. The summed E-state index contributed by atoms with van der Waals surface area (Å²) in [4.78, 5) is 36.4. The highest BCUT2D eigenvalue weighted by atomic mass is 16.3. The first kappa shape index (κ1) is 17.1. The summed E-state index contributed by atoms with van der Waals surface area (Å²) in [7, 11) is 1.28. The van der Waals surface area contributed by atoms with Gasteiger partial charge in [-0.3, -0.25) is 14.4 Å². The van der Waals surface area contributed by atoms with Crippen LogP contribution in [0.4, 0.5) is 0 Å². The highest BCUT2D eigenvalue weighted by Crippen LogP contribution is 2.37. The van der Waals surface area contributed by atoms with Crippen molar-refractivity contribution in [3.63, 3.8) is 0 Å². The van der Waals surface area contributed by atoms with Crippen molar-refractivity contribution in [1.82, 2.24) is 10.0 Å². The van der Waals surface area contributed by atoms with Crippen LogP contribution >= 0.6 is 0 Å². The van der Waals surface area contributed by atoms with Crippen molar-refractivity contribution in [3.8, 4) is 23.0 Å². The van der Waals surface area contributed by atoms with E-state index in [4.69, 9.17) is 0 Å².